The van der Waals surface area contributed by atoms with Gasteiger partial charge in [0, 0.05) is 5.92 Å². The second-order valence-electron chi connectivity index (χ2n) is 4.78. The first-order chi connectivity index (χ1) is 6.91. The van der Waals surface area contributed by atoms with Crippen LogP contribution in [0.2, 0.25) is 0 Å². The summed E-state index contributed by atoms with van der Waals surface area (Å²) in [5, 5.41) is 0. The third-order valence-corrected chi connectivity index (χ3v) is 3.44. The van der Waals surface area contributed by atoms with E-state index in [0.29, 0.717) is 0 Å². The number of carbonyl (C=O) groups is 1. The van der Waals surface area contributed by atoms with Crippen LogP contribution in [-0.4, -0.2) is 5.78 Å². The molecule has 0 radical (unpaired) electrons. The summed E-state index contributed by atoms with van der Waals surface area (Å²) in [4.78, 5) is 11.7. The fourth-order valence-electron chi connectivity index (χ4n) is 2.05. The van der Waals surface area contributed by atoms with E-state index >= 15 is 0 Å². The number of allylic oxidation sites excluding steroid dienone is 6. The molecule has 1 rings (SSSR count). The van der Waals surface area contributed by atoms with E-state index in [1.54, 1.807) is 6.08 Å². The first-order valence-corrected chi connectivity index (χ1v) is 5.47. The summed E-state index contributed by atoms with van der Waals surface area (Å²) < 4.78 is 0. The van der Waals surface area contributed by atoms with Gasteiger partial charge in [0.2, 0.25) is 0 Å². The van der Waals surface area contributed by atoms with Crippen LogP contribution in [0, 0.1) is 11.3 Å². The minimum absolute atomic E-state index is 0.0601. The van der Waals surface area contributed by atoms with Gasteiger partial charge in [-0.05, 0) is 36.5 Å². The van der Waals surface area contributed by atoms with E-state index in [9.17, 15) is 4.79 Å². The lowest BCUT2D eigenvalue weighted by molar-refractivity contribution is -0.120. The molecule has 15 heavy (non-hydrogen) atoms. The Kier molecular flexibility index (Phi) is 3.33. The topological polar surface area (TPSA) is 17.1 Å². The second-order valence-corrected chi connectivity index (χ2v) is 4.78. The Morgan fingerprint density at radius 3 is 2.53 bits per heavy atom. The highest BCUT2D eigenvalue weighted by atomic mass is 16.1. The largest absolute Gasteiger partial charge is 0.295 e. The monoisotopic (exact) mass is 204 g/mol. The second kappa shape index (κ2) is 4.18. The van der Waals surface area contributed by atoms with Gasteiger partial charge in [-0.15, -0.1) is 0 Å². The Morgan fingerprint density at radius 1 is 1.40 bits per heavy atom. The molecule has 1 unspecified atom stereocenters. The van der Waals surface area contributed by atoms with Crippen molar-refractivity contribution in [2.45, 2.75) is 34.6 Å². The number of hydrogen-bond acceptors (Lipinski definition) is 1. The van der Waals surface area contributed by atoms with Crippen LogP contribution < -0.4 is 0 Å². The summed E-state index contributed by atoms with van der Waals surface area (Å²) in [7, 11) is 0. The van der Waals surface area contributed by atoms with Gasteiger partial charge < -0.3 is 0 Å². The predicted octanol–water partition coefficient (Wildman–Crippen LogP) is 3.68. The van der Waals surface area contributed by atoms with Crippen molar-refractivity contribution in [3.05, 3.63) is 35.5 Å². The molecule has 0 bridgehead atoms. The van der Waals surface area contributed by atoms with Gasteiger partial charge in [0.15, 0.2) is 5.78 Å². The summed E-state index contributed by atoms with van der Waals surface area (Å²) in [5.41, 5.74) is 2.31. The van der Waals surface area contributed by atoms with E-state index in [2.05, 4.69) is 19.9 Å². The minimum Gasteiger partial charge on any atom is -0.295 e. The highest BCUT2D eigenvalue weighted by Crippen LogP contribution is 2.42. The molecule has 0 heterocycles. The third kappa shape index (κ3) is 2.11. The molecule has 0 aromatic heterocycles. The van der Waals surface area contributed by atoms with Gasteiger partial charge in [-0.3, -0.25) is 4.79 Å². The lowest BCUT2D eigenvalue weighted by atomic mass is 9.66. The van der Waals surface area contributed by atoms with Gasteiger partial charge >= 0.3 is 0 Å². The number of rotatable bonds is 1. The normalized spacial score (nSPS) is 28.6. The molecule has 1 atom stereocenters. The number of hydrogen-bond donors (Lipinski definition) is 0. The van der Waals surface area contributed by atoms with Crippen molar-refractivity contribution < 1.29 is 4.79 Å². The van der Waals surface area contributed by atoms with Crippen molar-refractivity contribution in [1.82, 2.24) is 0 Å². The Bertz CT molecular complexity index is 354. The number of carbonyl (C=O) groups excluding carboxylic acids is 1. The van der Waals surface area contributed by atoms with Crippen molar-refractivity contribution >= 4 is 5.78 Å². The predicted molar refractivity (Wildman–Crippen MR) is 64.6 cm³/mol. The number of ketones is 1. The maximum atomic E-state index is 11.7. The average molecular weight is 204 g/mol. The van der Waals surface area contributed by atoms with Crippen LogP contribution in [0.1, 0.15) is 34.6 Å². The smallest absolute Gasteiger partial charge is 0.159 e. The summed E-state index contributed by atoms with van der Waals surface area (Å²) >= 11 is 0. The van der Waals surface area contributed by atoms with Crippen molar-refractivity contribution in [1.29, 1.82) is 0 Å². The Balaban J connectivity index is 3.25. The van der Waals surface area contributed by atoms with E-state index in [-0.39, 0.29) is 17.1 Å². The van der Waals surface area contributed by atoms with Crippen LogP contribution >= 0.6 is 0 Å². The molecule has 0 amide bonds. The standard InChI is InChI=1S/C14H20O/c1-6-7-8-12-10(2)9-13(15)11(3)14(12,4)5/h6-9,11H,1-5H3/b7-6+,12-8-. The van der Waals surface area contributed by atoms with Crippen LogP contribution in [0.3, 0.4) is 0 Å². The van der Waals surface area contributed by atoms with E-state index in [0.717, 1.165) is 5.57 Å². The quantitative estimate of drug-likeness (QED) is 0.636. The van der Waals surface area contributed by atoms with Crippen molar-refractivity contribution in [3.8, 4) is 0 Å². The lowest BCUT2D eigenvalue weighted by Crippen LogP contribution is -2.33. The molecule has 0 fully saturated rings. The highest BCUT2D eigenvalue weighted by Gasteiger charge is 2.37. The lowest BCUT2D eigenvalue weighted by Gasteiger charge is -2.37. The van der Waals surface area contributed by atoms with Crippen molar-refractivity contribution in [2.24, 2.45) is 11.3 Å². The first-order valence-electron chi connectivity index (χ1n) is 5.47. The van der Waals surface area contributed by atoms with E-state index in [1.165, 1.54) is 5.57 Å². The summed E-state index contributed by atoms with van der Waals surface area (Å²) in [6, 6.07) is 0. The van der Waals surface area contributed by atoms with Crippen molar-refractivity contribution in [3.63, 3.8) is 0 Å². The average Bonchev–Trinajstić information content (AvgIpc) is 2.14. The van der Waals surface area contributed by atoms with Gasteiger partial charge in [0.25, 0.3) is 0 Å². The zero-order valence-corrected chi connectivity index (χ0v) is 10.3. The van der Waals surface area contributed by atoms with Crippen LogP contribution in [0.25, 0.3) is 0 Å². The van der Waals surface area contributed by atoms with E-state index in [4.69, 9.17) is 0 Å². The van der Waals surface area contributed by atoms with Crippen LogP contribution in [0.5, 0.6) is 0 Å². The van der Waals surface area contributed by atoms with E-state index in [1.807, 2.05) is 32.9 Å². The Labute approximate surface area is 92.6 Å². The summed E-state index contributed by atoms with van der Waals surface area (Å²) in [6.07, 6.45) is 7.94. The molecule has 1 aliphatic rings. The van der Waals surface area contributed by atoms with Crippen LogP contribution in [-0.2, 0) is 4.79 Å². The Morgan fingerprint density at radius 2 is 2.00 bits per heavy atom. The van der Waals surface area contributed by atoms with Gasteiger partial charge in [-0.2, -0.15) is 0 Å². The molecule has 1 aliphatic carbocycles. The molecule has 0 spiro atoms. The first kappa shape index (κ1) is 12.0. The highest BCUT2D eigenvalue weighted by molar-refractivity contribution is 5.95. The zero-order valence-electron chi connectivity index (χ0n) is 10.3. The molecule has 0 aliphatic heterocycles. The SMILES string of the molecule is C/C=C/C=C1/C(C)=CC(=O)C(C)C1(C)C. The van der Waals surface area contributed by atoms with Gasteiger partial charge in [-0.1, -0.05) is 39.0 Å². The summed E-state index contributed by atoms with van der Waals surface area (Å²) in [5.74, 6) is 0.313. The molecule has 0 saturated carbocycles. The summed E-state index contributed by atoms with van der Waals surface area (Å²) in [6.45, 7) is 10.3. The molecule has 1 nitrogen and oxygen atoms in total. The molecular weight excluding hydrogens is 184 g/mol. The molecule has 82 valence electrons. The van der Waals surface area contributed by atoms with Crippen molar-refractivity contribution in [2.75, 3.05) is 0 Å². The van der Waals surface area contributed by atoms with Crippen LogP contribution in [0.15, 0.2) is 35.5 Å². The molecular formula is C14H20O. The fraction of sp³-hybridized carbons (Fsp3) is 0.500. The van der Waals surface area contributed by atoms with Gasteiger partial charge in [0.1, 0.15) is 0 Å². The maximum Gasteiger partial charge on any atom is 0.159 e. The van der Waals surface area contributed by atoms with Crippen LogP contribution in [0.4, 0.5) is 0 Å². The minimum atomic E-state index is -0.0601. The zero-order chi connectivity index (χ0) is 11.6. The fourth-order valence-corrected chi connectivity index (χ4v) is 2.05. The van der Waals surface area contributed by atoms with E-state index < -0.39 is 0 Å². The molecule has 0 N–H and O–H groups in total. The molecule has 0 aromatic rings. The third-order valence-electron chi connectivity index (χ3n) is 3.44. The molecule has 1 heteroatoms. The van der Waals surface area contributed by atoms with Gasteiger partial charge in [0.05, 0.1) is 0 Å². The van der Waals surface area contributed by atoms with Gasteiger partial charge in [-0.25, -0.2) is 0 Å². The molecule has 0 saturated heterocycles. The Hall–Kier alpha value is -1.11. The molecule has 0 aromatic carbocycles. The maximum absolute atomic E-state index is 11.7.